The maximum Gasteiger partial charge on any atom is 0.310 e. The normalized spacial score (nSPS) is 37.2. The third-order valence-corrected chi connectivity index (χ3v) is 4.55. The SMILES string of the molecule is CN1CCC(NC(=O)[C@@H]2[C@@H](C(=O)O)[C@H]3C=C[C@@H]2O3)CC1. The van der Waals surface area contributed by atoms with Crippen molar-refractivity contribution in [1.82, 2.24) is 10.2 Å². The molecule has 2 N–H and O–H groups in total. The van der Waals surface area contributed by atoms with Crippen molar-refractivity contribution in [2.45, 2.75) is 31.1 Å². The minimum absolute atomic E-state index is 0.149. The van der Waals surface area contributed by atoms with E-state index in [-0.39, 0.29) is 18.1 Å². The predicted molar refractivity (Wildman–Crippen MR) is 71.1 cm³/mol. The van der Waals surface area contributed by atoms with Crippen LogP contribution in [0.15, 0.2) is 12.2 Å². The molecule has 6 nitrogen and oxygen atoms in total. The van der Waals surface area contributed by atoms with Gasteiger partial charge in [-0.3, -0.25) is 9.59 Å². The zero-order chi connectivity index (χ0) is 14.3. The van der Waals surface area contributed by atoms with E-state index in [4.69, 9.17) is 4.74 Å². The van der Waals surface area contributed by atoms with Gasteiger partial charge in [0.25, 0.3) is 0 Å². The molecule has 0 saturated carbocycles. The van der Waals surface area contributed by atoms with Crippen molar-refractivity contribution in [2.24, 2.45) is 11.8 Å². The first-order valence-corrected chi connectivity index (χ1v) is 7.12. The lowest BCUT2D eigenvalue weighted by atomic mass is 9.82. The van der Waals surface area contributed by atoms with Crippen LogP contribution in [0.3, 0.4) is 0 Å². The number of nitrogens with one attached hydrogen (secondary N) is 1. The number of amides is 1. The number of carbonyl (C=O) groups is 2. The molecule has 0 aromatic rings. The Kier molecular flexibility index (Phi) is 3.52. The molecule has 1 amide bonds. The average molecular weight is 280 g/mol. The summed E-state index contributed by atoms with van der Waals surface area (Å²) in [6.07, 6.45) is 4.55. The molecule has 0 aromatic carbocycles. The van der Waals surface area contributed by atoms with Crippen LogP contribution in [-0.2, 0) is 14.3 Å². The van der Waals surface area contributed by atoms with E-state index < -0.39 is 23.9 Å². The predicted octanol–water partition coefficient (Wildman–Crippen LogP) is -0.149. The summed E-state index contributed by atoms with van der Waals surface area (Å²) in [5.41, 5.74) is 0. The van der Waals surface area contributed by atoms with Gasteiger partial charge in [-0.2, -0.15) is 0 Å². The molecule has 4 atom stereocenters. The van der Waals surface area contributed by atoms with Crippen LogP contribution in [-0.4, -0.2) is 60.3 Å². The molecular formula is C14H20N2O4. The molecule has 6 heteroatoms. The summed E-state index contributed by atoms with van der Waals surface area (Å²) < 4.78 is 5.53. The molecule has 3 rings (SSSR count). The Balaban J connectivity index is 1.64. The number of carboxylic acid groups (broad SMARTS) is 1. The highest BCUT2D eigenvalue weighted by molar-refractivity contribution is 5.87. The van der Waals surface area contributed by atoms with Gasteiger partial charge in [0.15, 0.2) is 0 Å². The summed E-state index contributed by atoms with van der Waals surface area (Å²) >= 11 is 0. The van der Waals surface area contributed by atoms with Crippen LogP contribution in [0, 0.1) is 11.8 Å². The van der Waals surface area contributed by atoms with Gasteiger partial charge in [-0.05, 0) is 33.0 Å². The molecule has 3 aliphatic heterocycles. The van der Waals surface area contributed by atoms with E-state index in [1.54, 1.807) is 6.08 Å². The zero-order valence-electron chi connectivity index (χ0n) is 11.5. The highest BCUT2D eigenvalue weighted by atomic mass is 16.5. The number of carbonyl (C=O) groups excluding carboxylic acids is 1. The summed E-state index contributed by atoms with van der Waals surface area (Å²) in [4.78, 5) is 26.0. The third-order valence-electron chi connectivity index (χ3n) is 4.55. The first kappa shape index (κ1) is 13.6. The van der Waals surface area contributed by atoms with E-state index in [0.29, 0.717) is 0 Å². The first-order chi connectivity index (χ1) is 9.56. The Morgan fingerprint density at radius 2 is 1.80 bits per heavy atom. The minimum atomic E-state index is -0.953. The molecule has 20 heavy (non-hydrogen) atoms. The van der Waals surface area contributed by atoms with Crippen LogP contribution < -0.4 is 5.32 Å². The van der Waals surface area contributed by atoms with Crippen molar-refractivity contribution in [2.75, 3.05) is 20.1 Å². The molecule has 3 heterocycles. The van der Waals surface area contributed by atoms with Crippen molar-refractivity contribution in [3.8, 4) is 0 Å². The van der Waals surface area contributed by atoms with E-state index >= 15 is 0 Å². The lowest BCUT2D eigenvalue weighted by Gasteiger charge is -2.31. The fourth-order valence-corrected chi connectivity index (χ4v) is 3.37. The molecular weight excluding hydrogens is 260 g/mol. The van der Waals surface area contributed by atoms with E-state index in [1.165, 1.54) is 0 Å². The van der Waals surface area contributed by atoms with Gasteiger partial charge < -0.3 is 20.1 Å². The number of ether oxygens (including phenoxy) is 1. The second-order valence-electron chi connectivity index (χ2n) is 5.93. The molecule has 0 unspecified atom stereocenters. The molecule has 0 aromatic heterocycles. The topological polar surface area (TPSA) is 78.9 Å². The monoisotopic (exact) mass is 280 g/mol. The molecule has 3 aliphatic rings. The Hall–Kier alpha value is -1.40. The van der Waals surface area contributed by atoms with Gasteiger partial charge in [0.1, 0.15) is 5.92 Å². The van der Waals surface area contributed by atoms with Crippen molar-refractivity contribution in [1.29, 1.82) is 0 Å². The van der Waals surface area contributed by atoms with Crippen molar-refractivity contribution in [3.63, 3.8) is 0 Å². The largest absolute Gasteiger partial charge is 0.481 e. The van der Waals surface area contributed by atoms with Crippen LogP contribution >= 0.6 is 0 Å². The number of hydrogen-bond acceptors (Lipinski definition) is 4. The van der Waals surface area contributed by atoms with E-state index in [0.717, 1.165) is 25.9 Å². The van der Waals surface area contributed by atoms with Gasteiger partial charge >= 0.3 is 5.97 Å². The number of fused-ring (bicyclic) bond motifs is 2. The lowest BCUT2D eigenvalue weighted by molar-refractivity contribution is -0.146. The number of rotatable bonds is 3. The average Bonchev–Trinajstić information content (AvgIpc) is 3.01. The quantitative estimate of drug-likeness (QED) is 0.703. The fraction of sp³-hybridized carbons (Fsp3) is 0.714. The molecule has 2 fully saturated rings. The van der Waals surface area contributed by atoms with Gasteiger partial charge in [-0.25, -0.2) is 0 Å². The van der Waals surface area contributed by atoms with Crippen LogP contribution in [0.2, 0.25) is 0 Å². The molecule has 0 aliphatic carbocycles. The number of likely N-dealkylation sites (tertiary alicyclic amines) is 1. The van der Waals surface area contributed by atoms with Crippen LogP contribution in [0.4, 0.5) is 0 Å². The van der Waals surface area contributed by atoms with Crippen molar-refractivity contribution in [3.05, 3.63) is 12.2 Å². The van der Waals surface area contributed by atoms with Crippen LogP contribution in [0.5, 0.6) is 0 Å². The summed E-state index contributed by atoms with van der Waals surface area (Å²) in [6.45, 7) is 1.92. The summed E-state index contributed by atoms with van der Waals surface area (Å²) in [7, 11) is 2.06. The first-order valence-electron chi connectivity index (χ1n) is 7.12. The van der Waals surface area contributed by atoms with Crippen molar-refractivity contribution < 1.29 is 19.4 Å². The van der Waals surface area contributed by atoms with E-state index in [2.05, 4.69) is 17.3 Å². The number of aliphatic carboxylic acids is 1. The Morgan fingerprint density at radius 3 is 2.40 bits per heavy atom. The maximum absolute atomic E-state index is 12.4. The van der Waals surface area contributed by atoms with E-state index in [9.17, 15) is 14.7 Å². The highest BCUT2D eigenvalue weighted by Gasteiger charge is 2.53. The molecule has 0 spiro atoms. The Bertz CT molecular complexity index is 442. The van der Waals surface area contributed by atoms with Gasteiger partial charge in [-0.15, -0.1) is 0 Å². The van der Waals surface area contributed by atoms with Gasteiger partial charge in [0.05, 0.1) is 18.1 Å². The molecule has 110 valence electrons. The molecule has 0 radical (unpaired) electrons. The van der Waals surface area contributed by atoms with Crippen LogP contribution in [0.25, 0.3) is 0 Å². The van der Waals surface area contributed by atoms with Crippen molar-refractivity contribution >= 4 is 11.9 Å². The molecule has 2 bridgehead atoms. The lowest BCUT2D eigenvalue weighted by Crippen LogP contribution is -2.49. The Morgan fingerprint density at radius 1 is 1.20 bits per heavy atom. The fourth-order valence-electron chi connectivity index (χ4n) is 3.37. The summed E-state index contributed by atoms with van der Waals surface area (Å²) in [6, 6.07) is 0.149. The van der Waals surface area contributed by atoms with E-state index in [1.807, 2.05) is 6.08 Å². The highest BCUT2D eigenvalue weighted by Crippen LogP contribution is 2.39. The van der Waals surface area contributed by atoms with Gasteiger partial charge in [0, 0.05) is 6.04 Å². The number of piperidine rings is 1. The second kappa shape index (κ2) is 5.18. The molecule has 2 saturated heterocycles. The summed E-state index contributed by atoms with van der Waals surface area (Å²) in [5, 5.41) is 12.3. The standard InChI is InChI=1S/C14H20N2O4/c1-16-6-4-8(5-7-16)15-13(17)11-9-2-3-10(20-9)12(11)14(18)19/h2-3,8-12H,4-7H2,1H3,(H,15,17)(H,18,19)/t9-,10+,11-,12-/m0/s1. The third kappa shape index (κ3) is 2.33. The number of carboxylic acids is 1. The zero-order valence-corrected chi connectivity index (χ0v) is 11.5. The second-order valence-corrected chi connectivity index (χ2v) is 5.93. The Labute approximate surface area is 117 Å². The summed E-state index contributed by atoms with van der Waals surface area (Å²) in [5.74, 6) is -2.48. The maximum atomic E-state index is 12.4. The minimum Gasteiger partial charge on any atom is -0.481 e. The van der Waals surface area contributed by atoms with Gasteiger partial charge in [0.2, 0.25) is 5.91 Å². The van der Waals surface area contributed by atoms with Crippen LogP contribution in [0.1, 0.15) is 12.8 Å². The smallest absolute Gasteiger partial charge is 0.310 e. The number of hydrogen-bond donors (Lipinski definition) is 2. The number of nitrogens with zero attached hydrogens (tertiary/aromatic N) is 1. The van der Waals surface area contributed by atoms with Gasteiger partial charge in [-0.1, -0.05) is 12.2 Å².